The quantitative estimate of drug-likeness (QED) is 0.259. The SMILES string of the molecule is COc1ccc(CN2C(=O)c3c(c4c5ccccc5[nH]c4c4[nH]c5ccccc5c34)C2C(C)C)cc1OC. The Morgan fingerprint density at radius 2 is 1.42 bits per heavy atom. The van der Waals surface area contributed by atoms with E-state index in [1.54, 1.807) is 14.2 Å². The van der Waals surface area contributed by atoms with E-state index >= 15 is 0 Å². The van der Waals surface area contributed by atoms with Crippen LogP contribution in [-0.4, -0.2) is 35.0 Å². The van der Waals surface area contributed by atoms with Crippen molar-refractivity contribution in [3.05, 3.63) is 83.4 Å². The van der Waals surface area contributed by atoms with Gasteiger partial charge in [-0.2, -0.15) is 0 Å². The highest BCUT2D eigenvalue weighted by molar-refractivity contribution is 6.30. The summed E-state index contributed by atoms with van der Waals surface area (Å²) in [4.78, 5) is 23.9. The molecule has 1 atom stereocenters. The lowest BCUT2D eigenvalue weighted by Gasteiger charge is -2.29. The van der Waals surface area contributed by atoms with Crippen LogP contribution in [0.3, 0.4) is 0 Å². The molecular formula is C32H29N3O3. The van der Waals surface area contributed by atoms with Gasteiger partial charge in [0.25, 0.3) is 5.91 Å². The standard InChI is InChI=1S/C32H29N3O3/c1-17(2)31-27-25-19-9-5-7-11-21(19)33-29(25)30-26(20-10-6-8-12-22(20)34-30)28(27)32(36)35(31)16-18-13-14-23(37-3)24(15-18)38-4/h5-15,17,31,33-34H,16H2,1-4H3. The average molecular weight is 504 g/mol. The smallest absolute Gasteiger partial charge is 0.255 e. The van der Waals surface area contributed by atoms with Crippen LogP contribution >= 0.6 is 0 Å². The first kappa shape index (κ1) is 22.7. The Hall–Kier alpha value is -4.45. The summed E-state index contributed by atoms with van der Waals surface area (Å²) < 4.78 is 11.0. The van der Waals surface area contributed by atoms with Gasteiger partial charge in [0.1, 0.15) is 0 Å². The van der Waals surface area contributed by atoms with Gasteiger partial charge in [0.15, 0.2) is 11.5 Å². The van der Waals surface area contributed by atoms with Gasteiger partial charge >= 0.3 is 0 Å². The number of hydrogen-bond donors (Lipinski definition) is 2. The van der Waals surface area contributed by atoms with Gasteiger partial charge in [-0.25, -0.2) is 0 Å². The number of methoxy groups -OCH3 is 2. The molecule has 3 heterocycles. The lowest BCUT2D eigenvalue weighted by atomic mass is 9.89. The Bertz CT molecular complexity index is 1900. The summed E-state index contributed by atoms with van der Waals surface area (Å²) in [5, 5.41) is 4.35. The normalized spacial score (nSPS) is 15.4. The number of hydrogen-bond acceptors (Lipinski definition) is 3. The topological polar surface area (TPSA) is 70.3 Å². The van der Waals surface area contributed by atoms with E-state index in [9.17, 15) is 4.79 Å². The molecule has 0 radical (unpaired) electrons. The van der Waals surface area contributed by atoms with Gasteiger partial charge in [-0.05, 0) is 41.3 Å². The molecule has 7 rings (SSSR count). The van der Waals surface area contributed by atoms with E-state index in [0.29, 0.717) is 18.0 Å². The van der Waals surface area contributed by atoms with Crippen LogP contribution in [0.2, 0.25) is 0 Å². The molecule has 6 nitrogen and oxygen atoms in total. The second-order valence-corrected chi connectivity index (χ2v) is 10.4. The Morgan fingerprint density at radius 3 is 2.05 bits per heavy atom. The fraction of sp³-hybridized carbons (Fsp3) is 0.219. The van der Waals surface area contributed by atoms with Crippen molar-refractivity contribution < 1.29 is 14.3 Å². The number of amides is 1. The Morgan fingerprint density at radius 1 is 0.816 bits per heavy atom. The molecule has 6 aromatic rings. The summed E-state index contributed by atoms with van der Waals surface area (Å²) in [6.45, 7) is 4.88. The summed E-state index contributed by atoms with van der Waals surface area (Å²) in [7, 11) is 3.27. The second kappa shape index (κ2) is 8.28. The summed E-state index contributed by atoms with van der Waals surface area (Å²) in [6.07, 6.45) is 0. The van der Waals surface area contributed by atoms with Crippen molar-refractivity contribution >= 4 is 49.5 Å². The zero-order valence-electron chi connectivity index (χ0n) is 21.9. The molecule has 2 aromatic heterocycles. The van der Waals surface area contributed by atoms with Gasteiger partial charge in [-0.3, -0.25) is 4.79 Å². The minimum atomic E-state index is -0.0784. The number of rotatable bonds is 5. The van der Waals surface area contributed by atoms with E-state index < -0.39 is 0 Å². The van der Waals surface area contributed by atoms with Crippen LogP contribution in [0.5, 0.6) is 11.5 Å². The van der Waals surface area contributed by atoms with Gasteiger partial charge in [0, 0.05) is 39.1 Å². The van der Waals surface area contributed by atoms with Crippen molar-refractivity contribution in [1.82, 2.24) is 14.9 Å². The van der Waals surface area contributed by atoms with Crippen LogP contribution in [0.25, 0.3) is 43.6 Å². The first-order valence-corrected chi connectivity index (χ1v) is 13.0. The van der Waals surface area contributed by atoms with E-state index in [2.05, 4.69) is 60.2 Å². The number of aromatic nitrogens is 2. The van der Waals surface area contributed by atoms with Crippen molar-refractivity contribution in [3.63, 3.8) is 0 Å². The summed E-state index contributed by atoms with van der Waals surface area (Å²) in [5.74, 6) is 1.61. The molecule has 1 unspecified atom stereocenters. The van der Waals surface area contributed by atoms with Gasteiger partial charge < -0.3 is 24.3 Å². The third kappa shape index (κ3) is 3.03. The molecule has 4 aromatic carbocycles. The molecule has 0 spiro atoms. The Labute approximate surface area is 220 Å². The molecule has 1 aliphatic heterocycles. The Kier molecular flexibility index (Phi) is 4.95. The molecule has 1 amide bonds. The number of H-pyrrole nitrogens is 2. The van der Waals surface area contributed by atoms with E-state index in [-0.39, 0.29) is 17.9 Å². The highest BCUT2D eigenvalue weighted by atomic mass is 16.5. The van der Waals surface area contributed by atoms with E-state index in [1.807, 2.05) is 35.2 Å². The molecule has 0 bridgehead atoms. The zero-order chi connectivity index (χ0) is 26.1. The lowest BCUT2D eigenvalue weighted by Crippen LogP contribution is -2.30. The third-order valence-electron chi connectivity index (χ3n) is 7.99. The van der Waals surface area contributed by atoms with Crippen LogP contribution in [0, 0.1) is 5.92 Å². The van der Waals surface area contributed by atoms with Crippen LogP contribution in [0.15, 0.2) is 66.7 Å². The minimum Gasteiger partial charge on any atom is -0.493 e. The van der Waals surface area contributed by atoms with E-state index in [0.717, 1.165) is 60.3 Å². The molecule has 0 aliphatic carbocycles. The molecule has 0 saturated heterocycles. The number of carbonyl (C=O) groups excluding carboxylic acids is 1. The third-order valence-corrected chi connectivity index (χ3v) is 7.99. The zero-order valence-corrected chi connectivity index (χ0v) is 21.9. The largest absolute Gasteiger partial charge is 0.493 e. The predicted octanol–water partition coefficient (Wildman–Crippen LogP) is 7.33. The number of fused-ring (bicyclic) bond motifs is 10. The van der Waals surface area contributed by atoms with Gasteiger partial charge in [-0.1, -0.05) is 56.3 Å². The van der Waals surface area contributed by atoms with Gasteiger partial charge in [0.2, 0.25) is 0 Å². The molecule has 6 heteroatoms. The fourth-order valence-corrected chi connectivity index (χ4v) is 6.44. The molecule has 2 N–H and O–H groups in total. The molecular weight excluding hydrogens is 474 g/mol. The maximum Gasteiger partial charge on any atom is 0.255 e. The van der Waals surface area contributed by atoms with Crippen molar-refractivity contribution in [1.29, 1.82) is 0 Å². The van der Waals surface area contributed by atoms with E-state index in [1.165, 1.54) is 0 Å². The number of nitrogens with one attached hydrogen (secondary N) is 2. The number of ether oxygens (including phenoxy) is 2. The van der Waals surface area contributed by atoms with Crippen molar-refractivity contribution in [2.45, 2.75) is 26.4 Å². The first-order valence-electron chi connectivity index (χ1n) is 13.0. The molecule has 1 aliphatic rings. The Balaban J connectivity index is 1.54. The fourth-order valence-electron chi connectivity index (χ4n) is 6.44. The van der Waals surface area contributed by atoms with Crippen molar-refractivity contribution in [3.8, 4) is 11.5 Å². The highest BCUT2D eigenvalue weighted by Gasteiger charge is 2.42. The van der Waals surface area contributed by atoms with E-state index in [4.69, 9.17) is 9.47 Å². The number of nitrogens with zero attached hydrogens (tertiary/aromatic N) is 1. The second-order valence-electron chi connectivity index (χ2n) is 10.4. The number of benzene rings is 4. The summed E-state index contributed by atoms with van der Waals surface area (Å²) in [6, 6.07) is 22.4. The lowest BCUT2D eigenvalue weighted by molar-refractivity contribution is 0.0667. The maximum absolute atomic E-state index is 14.5. The van der Waals surface area contributed by atoms with Gasteiger partial charge in [0.05, 0.1) is 36.9 Å². The number of aromatic amines is 2. The molecule has 190 valence electrons. The molecule has 0 saturated carbocycles. The van der Waals surface area contributed by atoms with Gasteiger partial charge in [-0.15, -0.1) is 0 Å². The molecule has 0 fully saturated rings. The van der Waals surface area contributed by atoms with Crippen molar-refractivity contribution in [2.75, 3.05) is 14.2 Å². The van der Waals surface area contributed by atoms with Crippen LogP contribution < -0.4 is 9.47 Å². The maximum atomic E-state index is 14.5. The van der Waals surface area contributed by atoms with Crippen molar-refractivity contribution in [2.24, 2.45) is 5.92 Å². The molecule has 38 heavy (non-hydrogen) atoms. The van der Waals surface area contributed by atoms with Crippen LogP contribution in [0.1, 0.15) is 41.4 Å². The van der Waals surface area contributed by atoms with Crippen LogP contribution in [-0.2, 0) is 6.54 Å². The average Bonchev–Trinajstić information content (AvgIpc) is 3.58. The predicted molar refractivity (Wildman–Crippen MR) is 152 cm³/mol. The summed E-state index contributed by atoms with van der Waals surface area (Å²) >= 11 is 0. The number of para-hydroxylation sites is 2. The highest BCUT2D eigenvalue weighted by Crippen LogP contribution is 2.50. The first-order chi connectivity index (χ1) is 18.5. The summed E-state index contributed by atoms with van der Waals surface area (Å²) in [5.41, 5.74) is 7.08. The monoisotopic (exact) mass is 503 g/mol. The number of carbonyl (C=O) groups is 1. The van der Waals surface area contributed by atoms with Crippen LogP contribution in [0.4, 0.5) is 0 Å². The minimum absolute atomic E-state index is 0.0652.